The molecular weight excluding hydrogens is 550 g/mol. The number of carbonyl (C=O) groups is 3. The number of fused-ring (bicyclic) bond motifs is 1. The van der Waals surface area contributed by atoms with Crippen LogP contribution in [0.25, 0.3) is 9.69 Å². The summed E-state index contributed by atoms with van der Waals surface area (Å²) in [4.78, 5) is 46.3. The van der Waals surface area contributed by atoms with E-state index >= 15 is 0 Å². The van der Waals surface area contributed by atoms with Crippen LogP contribution in [0.4, 0.5) is 4.79 Å². The number of rotatable bonds is 23. The number of amides is 4. The first-order valence-electron chi connectivity index (χ1n) is 14.3. The minimum Gasteiger partial charge on any atom is -0.378 e. The molecule has 2 fully saturated rings. The van der Waals surface area contributed by atoms with E-state index in [-0.39, 0.29) is 36.5 Å². The minimum atomic E-state index is -0.225. The molecule has 0 aromatic heterocycles. The Hall–Kier alpha value is -2.62. The summed E-state index contributed by atoms with van der Waals surface area (Å²) in [5.41, 5.74) is 0. The summed E-state index contributed by atoms with van der Waals surface area (Å²) in [5, 5.41) is 9.10. The fourth-order valence-electron chi connectivity index (χ4n) is 4.52. The second-order valence-electron chi connectivity index (χ2n) is 9.91. The van der Waals surface area contributed by atoms with Crippen LogP contribution in [-0.2, 0) is 23.8 Å². The topological polar surface area (TPSA) is 130 Å². The highest BCUT2D eigenvalue weighted by Crippen LogP contribution is 2.33. The molecule has 3 atom stereocenters. The van der Waals surface area contributed by atoms with Crippen molar-refractivity contribution in [1.82, 2.24) is 25.8 Å². The van der Waals surface area contributed by atoms with Crippen LogP contribution in [0.2, 0.25) is 0 Å². The maximum absolute atomic E-state index is 12.4. The molecule has 0 unspecified atom stereocenters. The average Bonchev–Trinajstić information content (AvgIpc) is 3.51. The summed E-state index contributed by atoms with van der Waals surface area (Å²) in [6.45, 7) is 19.4. The van der Waals surface area contributed by atoms with Gasteiger partial charge in [-0.15, -0.1) is 0 Å². The molecule has 3 N–H and O–H groups in total. The first kappa shape index (κ1) is 34.6. The number of nitrogens with zero attached hydrogens (tertiary/aromatic N) is 4. The predicted octanol–water partition coefficient (Wildman–Crippen LogP) is 0.477. The maximum atomic E-state index is 12.4. The van der Waals surface area contributed by atoms with Crippen LogP contribution >= 0.6 is 11.8 Å². The first-order chi connectivity index (χ1) is 19.9. The zero-order valence-corrected chi connectivity index (χ0v) is 24.9. The van der Waals surface area contributed by atoms with Crippen LogP contribution in [0.5, 0.6) is 0 Å². The lowest BCUT2D eigenvalue weighted by Gasteiger charge is -2.22. The number of likely N-dealkylation sites (N-methyl/N-ethyl adjacent to an activating group) is 1. The highest BCUT2D eigenvalue weighted by Gasteiger charge is 2.42. The van der Waals surface area contributed by atoms with E-state index in [1.54, 1.807) is 7.05 Å². The van der Waals surface area contributed by atoms with Crippen molar-refractivity contribution < 1.29 is 28.6 Å². The van der Waals surface area contributed by atoms with Crippen molar-refractivity contribution in [3.05, 3.63) is 22.8 Å². The van der Waals surface area contributed by atoms with Crippen molar-refractivity contribution in [3.63, 3.8) is 0 Å². The van der Waals surface area contributed by atoms with Gasteiger partial charge in [0.1, 0.15) is 13.2 Å². The van der Waals surface area contributed by atoms with E-state index in [0.29, 0.717) is 90.6 Å². The molecule has 2 aliphatic rings. The van der Waals surface area contributed by atoms with Crippen molar-refractivity contribution in [1.29, 1.82) is 0 Å². The zero-order chi connectivity index (χ0) is 29.7. The molecule has 0 aromatic rings. The molecule has 2 aliphatic heterocycles. The number of unbranched alkanes of at least 4 members (excludes halogenated alkanes) is 1. The number of hydrogen-bond acceptors (Lipinski definition) is 8. The summed E-state index contributed by atoms with van der Waals surface area (Å²) in [5.74, 6) is 0.647. The van der Waals surface area contributed by atoms with E-state index in [2.05, 4.69) is 30.5 Å². The number of thioether (sulfide) groups is 1. The molecule has 0 saturated carbocycles. The maximum Gasteiger partial charge on any atom is 0.315 e. The molecule has 13 nitrogen and oxygen atoms in total. The molecule has 0 aromatic carbocycles. The summed E-state index contributed by atoms with van der Waals surface area (Å²) in [6.07, 6.45) is 3.01. The van der Waals surface area contributed by atoms with Crippen LogP contribution < -0.4 is 16.0 Å². The molecule has 2 heterocycles. The lowest BCUT2D eigenvalue weighted by atomic mass is 10.0. The van der Waals surface area contributed by atoms with Gasteiger partial charge in [-0.05, 0) is 12.8 Å². The van der Waals surface area contributed by atoms with Crippen molar-refractivity contribution in [3.8, 4) is 0 Å². The lowest BCUT2D eigenvalue weighted by molar-refractivity contribution is -0.134. The second-order valence-corrected chi connectivity index (χ2v) is 11.2. The molecule has 0 radical (unpaired) electrons. The van der Waals surface area contributed by atoms with Crippen molar-refractivity contribution in [2.24, 2.45) is 0 Å². The molecule has 2 rings (SSSR count). The number of carbonyl (C=O) groups excluding carboxylic acids is 3. The molecule has 4 amide bonds. The fraction of sp³-hybridized carbons (Fsp3) is 0.815. The smallest absolute Gasteiger partial charge is 0.315 e. The molecule has 0 bridgehead atoms. The summed E-state index contributed by atoms with van der Waals surface area (Å²) in [6, 6.07) is 0.306. The zero-order valence-electron chi connectivity index (χ0n) is 24.1. The first-order valence-corrected chi connectivity index (χ1v) is 15.3. The van der Waals surface area contributed by atoms with Gasteiger partial charge in [-0.2, -0.15) is 11.8 Å². The van der Waals surface area contributed by atoms with Gasteiger partial charge in [0.15, 0.2) is 0 Å². The highest BCUT2D eigenvalue weighted by molar-refractivity contribution is 8.00. The van der Waals surface area contributed by atoms with Crippen LogP contribution in [0.1, 0.15) is 25.7 Å². The number of urea groups is 1. The van der Waals surface area contributed by atoms with Gasteiger partial charge < -0.3 is 44.8 Å². The third-order valence-electron chi connectivity index (χ3n) is 6.79. The van der Waals surface area contributed by atoms with Gasteiger partial charge >= 0.3 is 6.03 Å². The third kappa shape index (κ3) is 14.7. The number of ether oxygens (including phenoxy) is 3. The molecular formula is C27H45N7O6S. The Morgan fingerprint density at radius 2 is 1.61 bits per heavy atom. The van der Waals surface area contributed by atoms with Crippen molar-refractivity contribution in [2.75, 3.05) is 98.3 Å². The van der Waals surface area contributed by atoms with Crippen LogP contribution in [0.15, 0.2) is 0 Å². The van der Waals surface area contributed by atoms with Crippen LogP contribution in [-0.4, -0.2) is 143 Å². The number of nitrogens with one attached hydrogen (secondary N) is 3. The molecule has 14 heteroatoms. The highest BCUT2D eigenvalue weighted by atomic mass is 32.2. The van der Waals surface area contributed by atoms with Crippen LogP contribution in [0, 0.1) is 13.1 Å². The van der Waals surface area contributed by atoms with Gasteiger partial charge in [0.2, 0.25) is 24.9 Å². The summed E-state index contributed by atoms with van der Waals surface area (Å²) >= 11 is 1.87. The van der Waals surface area contributed by atoms with Gasteiger partial charge in [0.25, 0.3) is 0 Å². The minimum absolute atomic E-state index is 0.00748. The summed E-state index contributed by atoms with van der Waals surface area (Å²) in [7, 11) is 1.64. The average molecular weight is 596 g/mol. The Morgan fingerprint density at radius 3 is 2.24 bits per heavy atom. The van der Waals surface area contributed by atoms with Gasteiger partial charge in [-0.1, -0.05) is 6.42 Å². The molecule has 230 valence electrons. The van der Waals surface area contributed by atoms with Crippen LogP contribution in [0.3, 0.4) is 0 Å². The Bertz CT molecular complexity index is 859. The van der Waals surface area contributed by atoms with Gasteiger partial charge in [0.05, 0.1) is 45.1 Å². The normalized spacial score (nSPS) is 19.2. The lowest BCUT2D eigenvalue weighted by Crippen LogP contribution is -2.39. The van der Waals surface area contributed by atoms with E-state index in [9.17, 15) is 14.4 Å². The van der Waals surface area contributed by atoms with Gasteiger partial charge in [-0.3, -0.25) is 14.5 Å². The van der Waals surface area contributed by atoms with Gasteiger partial charge in [-0.25, -0.2) is 17.9 Å². The fourth-order valence-corrected chi connectivity index (χ4v) is 6.06. The quantitative estimate of drug-likeness (QED) is 0.0884. The SMILES string of the molecule is [C-]#[N+]CCOCCN(CCOCC[N+]#[C-])CCOCCNC(=O)CN(C)C(=O)CCCC[C@@H]1SC[C@@H]2NC(=O)N[C@@H]21. The Balaban J connectivity index is 1.50. The Labute approximate surface area is 248 Å². The Kier molecular flexibility index (Phi) is 17.8. The van der Waals surface area contributed by atoms with Gasteiger partial charge in [0, 0.05) is 50.7 Å². The van der Waals surface area contributed by atoms with E-state index in [1.807, 2.05) is 11.8 Å². The van der Waals surface area contributed by atoms with E-state index in [0.717, 1.165) is 25.0 Å². The predicted molar refractivity (Wildman–Crippen MR) is 156 cm³/mol. The van der Waals surface area contributed by atoms with E-state index in [4.69, 9.17) is 27.4 Å². The largest absolute Gasteiger partial charge is 0.378 e. The summed E-state index contributed by atoms with van der Waals surface area (Å²) < 4.78 is 16.6. The molecule has 0 spiro atoms. The van der Waals surface area contributed by atoms with Crippen molar-refractivity contribution >= 4 is 29.6 Å². The molecule has 2 saturated heterocycles. The van der Waals surface area contributed by atoms with Crippen molar-refractivity contribution in [2.45, 2.75) is 43.0 Å². The van der Waals surface area contributed by atoms with E-state index in [1.165, 1.54) is 4.90 Å². The Morgan fingerprint density at radius 1 is 0.976 bits per heavy atom. The monoisotopic (exact) mass is 595 g/mol. The molecule has 41 heavy (non-hydrogen) atoms. The standard InChI is InChI=1S/C27H45N7O6S/c1-28-8-14-38-17-11-34(12-18-39-15-9-29-2)13-19-40-16-10-30-24(35)20-33(3)25(36)7-5-4-6-23-26-22(21-41-23)31-27(37)32-26/h22-23,26H,4-21H2,3H3,(H,30,35)(H2,31,32,37)/t22-,23-,26-/m0/s1. The number of hydrogen-bond donors (Lipinski definition) is 3. The molecule has 0 aliphatic carbocycles. The third-order valence-corrected chi connectivity index (χ3v) is 8.30. The van der Waals surface area contributed by atoms with E-state index < -0.39 is 0 Å². The second kappa shape index (κ2) is 21.1.